The van der Waals surface area contributed by atoms with E-state index in [1.807, 2.05) is 49.4 Å². The molecule has 0 fully saturated rings. The first-order valence-corrected chi connectivity index (χ1v) is 5.99. The minimum absolute atomic E-state index is 0.00136. The Balaban J connectivity index is 2.10. The maximum atomic E-state index is 10.6. The first-order valence-electron chi connectivity index (χ1n) is 5.99. The van der Waals surface area contributed by atoms with E-state index in [0.717, 1.165) is 16.5 Å². The maximum absolute atomic E-state index is 10.6. The third-order valence-electron chi connectivity index (χ3n) is 2.80. The van der Waals surface area contributed by atoms with Gasteiger partial charge in [-0.2, -0.15) is 0 Å². The summed E-state index contributed by atoms with van der Waals surface area (Å²) < 4.78 is 5.72. The molecule has 0 amide bonds. The van der Waals surface area contributed by atoms with Crippen LogP contribution in [0.3, 0.4) is 0 Å². The molecule has 0 bridgehead atoms. The van der Waals surface area contributed by atoms with E-state index < -0.39 is 5.97 Å². The van der Waals surface area contributed by atoms with Crippen LogP contribution >= 0.6 is 0 Å². The van der Waals surface area contributed by atoms with E-state index in [-0.39, 0.29) is 12.3 Å². The minimum atomic E-state index is -0.788. The first-order chi connectivity index (χ1) is 8.66. The number of fused-ring (bicyclic) bond motifs is 1. The summed E-state index contributed by atoms with van der Waals surface area (Å²) in [6.45, 7) is 2.29. The second-order valence-corrected chi connectivity index (χ2v) is 4.49. The topological polar surface area (TPSA) is 46.5 Å². The Morgan fingerprint density at radius 2 is 1.94 bits per heavy atom. The third-order valence-corrected chi connectivity index (χ3v) is 2.80. The lowest BCUT2D eigenvalue weighted by Gasteiger charge is -2.12. The number of carbonyl (C=O) groups is 1. The second-order valence-electron chi connectivity index (χ2n) is 4.49. The van der Waals surface area contributed by atoms with E-state index in [9.17, 15) is 4.79 Å². The molecule has 18 heavy (non-hydrogen) atoms. The molecule has 1 unspecified atom stereocenters. The van der Waals surface area contributed by atoms with E-state index >= 15 is 0 Å². The normalized spacial score (nSPS) is 12.3. The molecule has 2 rings (SSSR count). The lowest BCUT2D eigenvalue weighted by molar-refractivity contribution is -0.138. The van der Waals surface area contributed by atoms with Crippen LogP contribution in [0.2, 0.25) is 0 Å². The molecule has 94 valence electrons. The molecule has 0 radical (unpaired) electrons. The van der Waals surface area contributed by atoms with Crippen LogP contribution in [-0.4, -0.2) is 17.7 Å². The summed E-state index contributed by atoms with van der Waals surface area (Å²) in [7, 11) is 0. The van der Waals surface area contributed by atoms with Gasteiger partial charge in [-0.1, -0.05) is 43.3 Å². The van der Waals surface area contributed by atoms with Gasteiger partial charge in [0.25, 0.3) is 0 Å². The summed E-state index contributed by atoms with van der Waals surface area (Å²) in [6.07, 6.45) is 0.130. The van der Waals surface area contributed by atoms with Crippen LogP contribution in [0.15, 0.2) is 42.5 Å². The Labute approximate surface area is 106 Å². The second kappa shape index (κ2) is 5.54. The molecule has 2 aromatic rings. The quantitative estimate of drug-likeness (QED) is 0.877. The Kier molecular flexibility index (Phi) is 3.82. The van der Waals surface area contributed by atoms with Crippen molar-refractivity contribution >= 4 is 16.7 Å². The molecule has 0 saturated heterocycles. The predicted octanol–water partition coefficient (Wildman–Crippen LogP) is 3.33. The largest absolute Gasteiger partial charge is 0.493 e. The van der Waals surface area contributed by atoms with Crippen LogP contribution in [0, 0.1) is 5.92 Å². The Hall–Kier alpha value is -2.03. The highest BCUT2D eigenvalue weighted by molar-refractivity contribution is 5.88. The van der Waals surface area contributed by atoms with Gasteiger partial charge in [-0.15, -0.1) is 0 Å². The molecule has 0 heterocycles. The number of hydrogen-bond donors (Lipinski definition) is 1. The van der Waals surface area contributed by atoms with E-state index in [2.05, 4.69) is 0 Å². The molecule has 1 atom stereocenters. The smallest absolute Gasteiger partial charge is 0.303 e. The fourth-order valence-corrected chi connectivity index (χ4v) is 1.91. The molecule has 0 saturated carbocycles. The molecule has 0 aliphatic carbocycles. The van der Waals surface area contributed by atoms with Gasteiger partial charge in [-0.3, -0.25) is 4.79 Å². The molecule has 3 heteroatoms. The highest BCUT2D eigenvalue weighted by Gasteiger charge is 2.09. The number of aliphatic carboxylic acids is 1. The Morgan fingerprint density at radius 1 is 1.22 bits per heavy atom. The number of carboxylic acids is 1. The van der Waals surface area contributed by atoms with Crippen molar-refractivity contribution in [2.24, 2.45) is 5.92 Å². The molecule has 2 aromatic carbocycles. The van der Waals surface area contributed by atoms with Gasteiger partial charge in [0.1, 0.15) is 5.75 Å². The van der Waals surface area contributed by atoms with Crippen molar-refractivity contribution in [1.82, 2.24) is 0 Å². The summed E-state index contributed by atoms with van der Waals surface area (Å²) in [5.74, 6) is 0.0239. The van der Waals surface area contributed by atoms with Gasteiger partial charge in [0.2, 0.25) is 0 Å². The van der Waals surface area contributed by atoms with Crippen molar-refractivity contribution < 1.29 is 14.6 Å². The van der Waals surface area contributed by atoms with E-state index in [4.69, 9.17) is 9.84 Å². The number of hydrogen-bond acceptors (Lipinski definition) is 2. The van der Waals surface area contributed by atoms with E-state index in [0.29, 0.717) is 6.61 Å². The molecule has 1 N–H and O–H groups in total. The van der Waals surface area contributed by atoms with Gasteiger partial charge >= 0.3 is 5.97 Å². The van der Waals surface area contributed by atoms with Crippen molar-refractivity contribution in [3.8, 4) is 5.75 Å². The summed E-state index contributed by atoms with van der Waals surface area (Å²) in [4.78, 5) is 10.6. The average Bonchev–Trinajstić information content (AvgIpc) is 2.35. The standard InChI is InChI=1S/C15H16O3/c1-11(9-15(16)17)10-18-14-8-4-6-12-5-2-3-7-13(12)14/h2-8,11H,9-10H2,1H3,(H,16,17). The summed E-state index contributed by atoms with van der Waals surface area (Å²) in [5, 5.41) is 10.9. The lowest BCUT2D eigenvalue weighted by atomic mass is 10.1. The Bertz CT molecular complexity index is 543. The van der Waals surface area contributed by atoms with Gasteiger partial charge in [0.15, 0.2) is 0 Å². The molecular formula is C15H16O3. The zero-order chi connectivity index (χ0) is 13.0. The van der Waals surface area contributed by atoms with Gasteiger partial charge < -0.3 is 9.84 Å². The highest BCUT2D eigenvalue weighted by Crippen LogP contribution is 2.25. The molecule has 0 aliphatic heterocycles. The van der Waals surface area contributed by atoms with E-state index in [1.165, 1.54) is 0 Å². The Morgan fingerprint density at radius 3 is 2.72 bits per heavy atom. The van der Waals surface area contributed by atoms with Crippen molar-refractivity contribution in [3.63, 3.8) is 0 Å². The molecule has 0 aromatic heterocycles. The van der Waals surface area contributed by atoms with Crippen LogP contribution in [0.1, 0.15) is 13.3 Å². The minimum Gasteiger partial charge on any atom is -0.493 e. The van der Waals surface area contributed by atoms with Crippen molar-refractivity contribution in [2.75, 3.05) is 6.61 Å². The van der Waals surface area contributed by atoms with Crippen LogP contribution in [0.4, 0.5) is 0 Å². The van der Waals surface area contributed by atoms with Gasteiger partial charge in [-0.05, 0) is 11.5 Å². The number of carboxylic acid groups (broad SMARTS) is 1. The average molecular weight is 244 g/mol. The van der Waals surface area contributed by atoms with E-state index in [1.54, 1.807) is 0 Å². The van der Waals surface area contributed by atoms with Crippen molar-refractivity contribution in [1.29, 1.82) is 0 Å². The van der Waals surface area contributed by atoms with Crippen LogP contribution in [-0.2, 0) is 4.79 Å². The molecule has 0 aliphatic rings. The summed E-state index contributed by atoms with van der Waals surface area (Å²) in [5.41, 5.74) is 0. The van der Waals surface area contributed by atoms with Crippen molar-refractivity contribution in [3.05, 3.63) is 42.5 Å². The molecule has 3 nitrogen and oxygen atoms in total. The number of benzene rings is 2. The van der Waals surface area contributed by atoms with Crippen LogP contribution in [0.5, 0.6) is 5.75 Å². The predicted molar refractivity (Wildman–Crippen MR) is 70.9 cm³/mol. The molecule has 0 spiro atoms. The maximum Gasteiger partial charge on any atom is 0.303 e. The number of ether oxygens (including phenoxy) is 1. The zero-order valence-corrected chi connectivity index (χ0v) is 10.3. The number of rotatable bonds is 5. The lowest BCUT2D eigenvalue weighted by Crippen LogP contribution is -2.13. The van der Waals surface area contributed by atoms with Crippen LogP contribution < -0.4 is 4.74 Å². The third kappa shape index (κ3) is 3.00. The first kappa shape index (κ1) is 12.4. The highest BCUT2D eigenvalue weighted by atomic mass is 16.5. The van der Waals surface area contributed by atoms with Gasteiger partial charge in [0, 0.05) is 11.3 Å². The summed E-state index contributed by atoms with van der Waals surface area (Å²) in [6, 6.07) is 13.9. The zero-order valence-electron chi connectivity index (χ0n) is 10.3. The fourth-order valence-electron chi connectivity index (χ4n) is 1.91. The molecular weight excluding hydrogens is 228 g/mol. The monoisotopic (exact) mass is 244 g/mol. The van der Waals surface area contributed by atoms with Crippen molar-refractivity contribution in [2.45, 2.75) is 13.3 Å². The summed E-state index contributed by atoms with van der Waals surface area (Å²) >= 11 is 0. The fraction of sp³-hybridized carbons (Fsp3) is 0.267. The van der Waals surface area contributed by atoms with Gasteiger partial charge in [-0.25, -0.2) is 0 Å². The SMILES string of the molecule is CC(COc1cccc2ccccc12)CC(=O)O. The van der Waals surface area contributed by atoms with Crippen LogP contribution in [0.25, 0.3) is 10.8 Å². The van der Waals surface area contributed by atoms with Gasteiger partial charge in [0.05, 0.1) is 13.0 Å².